The molecule has 0 radical (unpaired) electrons. The molecular weight excluding hydrogens is 1150 g/mol. The fraction of sp³-hybridized carbons (Fsp3) is 0.941. The normalized spacial score (nSPS) is 14.6. The van der Waals surface area contributed by atoms with Crippen molar-refractivity contribution in [2.45, 2.75) is 356 Å². The van der Waals surface area contributed by atoms with Crippen LogP contribution in [0.4, 0.5) is 0 Å². The minimum atomic E-state index is -4.95. The number of carbonyl (C=O) groups is 4. The molecule has 0 saturated heterocycles. The zero-order valence-electron chi connectivity index (χ0n) is 56.5. The van der Waals surface area contributed by atoms with Gasteiger partial charge in [-0.1, -0.05) is 286 Å². The van der Waals surface area contributed by atoms with Gasteiger partial charge in [-0.25, -0.2) is 9.13 Å². The average molecular weight is 1280 g/mol. The second-order valence-corrected chi connectivity index (χ2v) is 28.7. The lowest BCUT2D eigenvalue weighted by Gasteiger charge is -2.21. The first-order chi connectivity index (χ1) is 41.8. The summed E-state index contributed by atoms with van der Waals surface area (Å²) < 4.78 is 68.2. The van der Waals surface area contributed by atoms with E-state index < -0.39 is 97.5 Å². The largest absolute Gasteiger partial charge is 0.472 e. The number of hydrogen-bond acceptors (Lipinski definition) is 15. The molecule has 516 valence electrons. The molecule has 0 spiro atoms. The van der Waals surface area contributed by atoms with Gasteiger partial charge in [0.05, 0.1) is 26.4 Å². The quantitative estimate of drug-likeness (QED) is 0.0222. The van der Waals surface area contributed by atoms with Gasteiger partial charge in [0, 0.05) is 25.7 Å². The molecule has 87 heavy (non-hydrogen) atoms. The van der Waals surface area contributed by atoms with Crippen molar-refractivity contribution < 1.29 is 80.2 Å². The number of unbranched alkanes of at least 4 members (excludes halogenated alkanes) is 33. The molecule has 0 aliphatic carbocycles. The van der Waals surface area contributed by atoms with Crippen molar-refractivity contribution in [3.8, 4) is 0 Å². The fourth-order valence-electron chi connectivity index (χ4n) is 10.2. The van der Waals surface area contributed by atoms with Gasteiger partial charge in [-0.05, 0) is 43.4 Å². The molecule has 0 bridgehead atoms. The average Bonchev–Trinajstić information content (AvgIpc) is 3.69. The maximum Gasteiger partial charge on any atom is 0.472 e. The fourth-order valence-corrected chi connectivity index (χ4v) is 11.7. The van der Waals surface area contributed by atoms with Gasteiger partial charge in [-0.15, -0.1) is 0 Å². The number of rotatable bonds is 66. The monoisotopic (exact) mass is 1280 g/mol. The van der Waals surface area contributed by atoms with Crippen LogP contribution in [0.2, 0.25) is 0 Å². The molecule has 0 saturated carbocycles. The third-order valence-electron chi connectivity index (χ3n) is 16.0. The highest BCUT2D eigenvalue weighted by Crippen LogP contribution is 2.45. The Balaban J connectivity index is 5.26. The molecule has 0 aliphatic rings. The molecule has 0 aromatic carbocycles. The first-order valence-electron chi connectivity index (χ1n) is 35.4. The first kappa shape index (κ1) is 85.1. The lowest BCUT2D eigenvalue weighted by atomic mass is 9.99. The van der Waals surface area contributed by atoms with E-state index in [4.69, 9.17) is 37.0 Å². The van der Waals surface area contributed by atoms with Gasteiger partial charge < -0.3 is 33.8 Å². The molecule has 17 nitrogen and oxygen atoms in total. The second kappa shape index (κ2) is 59.1. The number of aliphatic hydroxyl groups is 1. The zero-order chi connectivity index (χ0) is 64.5. The van der Waals surface area contributed by atoms with E-state index in [0.29, 0.717) is 25.7 Å². The van der Waals surface area contributed by atoms with Gasteiger partial charge in [0.15, 0.2) is 12.2 Å². The van der Waals surface area contributed by atoms with Crippen molar-refractivity contribution in [1.29, 1.82) is 0 Å². The third-order valence-corrected chi connectivity index (χ3v) is 17.9. The molecule has 3 unspecified atom stereocenters. The van der Waals surface area contributed by atoms with Gasteiger partial charge >= 0.3 is 39.5 Å². The van der Waals surface area contributed by atoms with Crippen molar-refractivity contribution in [3.63, 3.8) is 0 Å². The summed E-state index contributed by atoms with van der Waals surface area (Å²) in [5.74, 6) is 0.117. The summed E-state index contributed by atoms with van der Waals surface area (Å²) >= 11 is 0. The molecule has 0 rings (SSSR count). The van der Waals surface area contributed by atoms with Crippen LogP contribution in [0.5, 0.6) is 0 Å². The van der Waals surface area contributed by atoms with Crippen molar-refractivity contribution in [2.75, 3.05) is 39.6 Å². The van der Waals surface area contributed by atoms with E-state index in [9.17, 15) is 43.2 Å². The van der Waals surface area contributed by atoms with Crippen molar-refractivity contribution in [1.82, 2.24) is 0 Å². The number of phosphoric acid groups is 2. The van der Waals surface area contributed by atoms with E-state index in [1.807, 2.05) is 0 Å². The molecule has 3 N–H and O–H groups in total. The van der Waals surface area contributed by atoms with E-state index in [2.05, 4.69) is 48.5 Å². The smallest absolute Gasteiger partial charge is 0.462 e. The van der Waals surface area contributed by atoms with Crippen molar-refractivity contribution in [3.05, 3.63) is 0 Å². The summed E-state index contributed by atoms with van der Waals surface area (Å²) in [6.45, 7) is 11.8. The molecule has 0 aromatic heterocycles. The van der Waals surface area contributed by atoms with Crippen LogP contribution in [0, 0.1) is 17.8 Å². The lowest BCUT2D eigenvalue weighted by molar-refractivity contribution is -0.161. The minimum absolute atomic E-state index is 0.104. The number of phosphoric ester groups is 2. The summed E-state index contributed by atoms with van der Waals surface area (Å²) in [5, 5.41) is 10.6. The summed E-state index contributed by atoms with van der Waals surface area (Å²) in [4.78, 5) is 72.4. The summed E-state index contributed by atoms with van der Waals surface area (Å²) in [5.41, 5.74) is 0. The van der Waals surface area contributed by atoms with Crippen LogP contribution in [0.25, 0.3) is 0 Å². The Kier molecular flexibility index (Phi) is 57.8. The van der Waals surface area contributed by atoms with Crippen molar-refractivity contribution in [2.24, 2.45) is 17.8 Å². The zero-order valence-corrected chi connectivity index (χ0v) is 58.3. The molecular formula is C68H132O17P2. The van der Waals surface area contributed by atoms with E-state index in [1.54, 1.807) is 0 Å². The van der Waals surface area contributed by atoms with Crippen LogP contribution >= 0.6 is 15.6 Å². The number of aliphatic hydroxyl groups excluding tert-OH is 1. The van der Waals surface area contributed by atoms with Crippen molar-refractivity contribution >= 4 is 39.5 Å². The van der Waals surface area contributed by atoms with Gasteiger partial charge in [0.2, 0.25) is 0 Å². The van der Waals surface area contributed by atoms with Gasteiger partial charge in [0.25, 0.3) is 0 Å². The Morgan fingerprint density at radius 3 is 0.874 bits per heavy atom. The molecule has 0 aliphatic heterocycles. The van der Waals surface area contributed by atoms with Crippen LogP contribution in [-0.2, 0) is 65.4 Å². The molecule has 0 aromatic rings. The Morgan fingerprint density at radius 1 is 0.333 bits per heavy atom. The third kappa shape index (κ3) is 61.3. The number of esters is 4. The predicted molar refractivity (Wildman–Crippen MR) is 349 cm³/mol. The van der Waals surface area contributed by atoms with Crippen LogP contribution in [0.3, 0.4) is 0 Å². The number of ether oxygens (including phenoxy) is 4. The highest BCUT2D eigenvalue weighted by molar-refractivity contribution is 7.47. The maximum absolute atomic E-state index is 13.0. The standard InChI is InChI=1S/C68H132O17P2/c1-8-10-11-12-13-14-15-19-28-35-42-49-65(70)78-55-64(85-68(73)52-45-38-31-23-21-26-33-40-47-60(5)6)58-83-87(76,77)81-54-62(69)53-80-86(74,75)82-57-63(56-79-66(71)50-43-36-29-24-22-27-34-41-48-61(7)9-2)84-67(72)51-44-37-30-20-17-16-18-25-32-39-46-59(3)4/h59-64,69H,8-58H2,1-7H3,(H,74,75)(H,76,77)/t61?,62-,63-,64-/m1/s1. The maximum atomic E-state index is 13.0. The first-order valence-corrected chi connectivity index (χ1v) is 38.4. The van der Waals surface area contributed by atoms with Gasteiger partial charge in [-0.3, -0.25) is 37.3 Å². The Labute approximate surface area is 530 Å². The summed E-state index contributed by atoms with van der Waals surface area (Å²) in [6.07, 6.45) is 41.6. The van der Waals surface area contributed by atoms with Gasteiger partial charge in [0.1, 0.15) is 19.3 Å². The number of hydrogen-bond donors (Lipinski definition) is 3. The molecule has 19 heteroatoms. The second-order valence-electron chi connectivity index (χ2n) is 25.8. The van der Waals surface area contributed by atoms with Crippen LogP contribution in [0.1, 0.15) is 337 Å². The molecule has 6 atom stereocenters. The summed E-state index contributed by atoms with van der Waals surface area (Å²) in [6, 6.07) is 0. The number of carbonyl (C=O) groups excluding carboxylic acids is 4. The highest BCUT2D eigenvalue weighted by atomic mass is 31.2. The molecule has 0 heterocycles. The Bertz CT molecular complexity index is 1720. The van der Waals surface area contributed by atoms with Crippen LogP contribution < -0.4 is 0 Å². The SMILES string of the molecule is CCCCCCCCCCCCCC(=O)OC[C@H](COP(=O)(O)OC[C@H](O)COP(=O)(O)OC[C@@H](COC(=O)CCCCCCCCCCC(C)CC)OC(=O)CCCCCCCCCCCCC(C)C)OC(=O)CCCCCCCCCCC(C)C. The minimum Gasteiger partial charge on any atom is -0.462 e. The van der Waals surface area contributed by atoms with E-state index in [0.717, 1.165) is 108 Å². The van der Waals surface area contributed by atoms with E-state index >= 15 is 0 Å². The molecule has 0 fully saturated rings. The van der Waals surface area contributed by atoms with E-state index in [-0.39, 0.29) is 25.7 Å². The Hall–Kier alpha value is -1.94. The molecule has 0 amide bonds. The van der Waals surface area contributed by atoms with Gasteiger partial charge in [-0.2, -0.15) is 0 Å². The van der Waals surface area contributed by atoms with Crippen LogP contribution in [-0.4, -0.2) is 96.7 Å². The predicted octanol–water partition coefficient (Wildman–Crippen LogP) is 19.1. The van der Waals surface area contributed by atoms with Crippen LogP contribution in [0.15, 0.2) is 0 Å². The topological polar surface area (TPSA) is 237 Å². The Morgan fingerprint density at radius 2 is 0.586 bits per heavy atom. The van der Waals surface area contributed by atoms with E-state index in [1.165, 1.54) is 148 Å². The highest BCUT2D eigenvalue weighted by Gasteiger charge is 2.30. The lowest BCUT2D eigenvalue weighted by Crippen LogP contribution is -2.30. The summed E-state index contributed by atoms with van der Waals surface area (Å²) in [7, 11) is -9.90.